The summed E-state index contributed by atoms with van der Waals surface area (Å²) in [7, 11) is 2.18. The van der Waals surface area contributed by atoms with E-state index in [-0.39, 0.29) is 6.92 Å². The van der Waals surface area contributed by atoms with Crippen molar-refractivity contribution in [2.24, 2.45) is 0 Å². The number of hydrogen-bond donors (Lipinski definition) is 0. The summed E-state index contributed by atoms with van der Waals surface area (Å²) in [6.45, 7) is 4.98. The number of rotatable bonds is 6. The molecule has 5 rings (SSSR count). The molecule has 1 saturated heterocycles. The predicted octanol–water partition coefficient (Wildman–Crippen LogP) is 3.04. The number of hydrogen-bond acceptors (Lipinski definition) is 5. The molecule has 0 radical (unpaired) electrons. The van der Waals surface area contributed by atoms with Gasteiger partial charge in [0.05, 0.1) is 11.6 Å². The van der Waals surface area contributed by atoms with Crippen molar-refractivity contribution in [3.63, 3.8) is 0 Å². The lowest BCUT2D eigenvalue weighted by Gasteiger charge is -2.32. The number of benzene rings is 3. The lowest BCUT2D eigenvalue weighted by molar-refractivity contribution is 0.148. The molecule has 0 unspecified atom stereocenters. The molecule has 168 valence electrons. The SMILES string of the molecule is CN1CCN(Cc2cccc(B(Oc3cccc4cccnc34)c3ccc(C#N)cc3)c2)CC1. The highest BCUT2D eigenvalue weighted by Crippen LogP contribution is 2.23. The Bertz CT molecular complexity index is 1300. The molecule has 0 saturated carbocycles. The summed E-state index contributed by atoms with van der Waals surface area (Å²) in [5.41, 5.74) is 4.85. The van der Waals surface area contributed by atoms with Gasteiger partial charge in [0.15, 0.2) is 0 Å². The van der Waals surface area contributed by atoms with Crippen molar-refractivity contribution in [3.05, 3.63) is 96.2 Å². The van der Waals surface area contributed by atoms with Gasteiger partial charge in [0.1, 0.15) is 11.3 Å². The van der Waals surface area contributed by atoms with E-state index in [2.05, 4.69) is 52.2 Å². The summed E-state index contributed by atoms with van der Waals surface area (Å²) in [4.78, 5) is 9.45. The number of para-hydroxylation sites is 1. The van der Waals surface area contributed by atoms with E-state index in [1.807, 2.05) is 54.6 Å². The number of fused-ring (bicyclic) bond motifs is 1. The van der Waals surface area contributed by atoms with Crippen LogP contribution in [-0.2, 0) is 6.54 Å². The molecule has 1 aliphatic heterocycles. The summed E-state index contributed by atoms with van der Waals surface area (Å²) < 4.78 is 6.67. The lowest BCUT2D eigenvalue weighted by Crippen LogP contribution is -2.48. The molecule has 1 aliphatic rings. The second kappa shape index (κ2) is 10.1. The molecule has 0 aliphatic carbocycles. The summed E-state index contributed by atoms with van der Waals surface area (Å²) >= 11 is 0. The zero-order chi connectivity index (χ0) is 23.3. The first-order valence-electron chi connectivity index (χ1n) is 11.7. The Morgan fingerprint density at radius 2 is 1.68 bits per heavy atom. The van der Waals surface area contributed by atoms with Crippen LogP contribution in [0.3, 0.4) is 0 Å². The number of nitrogens with zero attached hydrogens (tertiary/aromatic N) is 4. The van der Waals surface area contributed by atoms with Crippen molar-refractivity contribution in [2.75, 3.05) is 33.2 Å². The molecule has 1 fully saturated rings. The van der Waals surface area contributed by atoms with Gasteiger partial charge >= 0.3 is 6.92 Å². The van der Waals surface area contributed by atoms with Crippen LogP contribution in [0.2, 0.25) is 0 Å². The summed E-state index contributed by atoms with van der Waals surface area (Å²) in [6.07, 6.45) is 1.79. The predicted molar refractivity (Wildman–Crippen MR) is 138 cm³/mol. The van der Waals surface area contributed by atoms with E-state index in [1.165, 1.54) is 5.56 Å². The first kappa shape index (κ1) is 22.2. The molecule has 4 aromatic rings. The highest BCUT2D eigenvalue weighted by atomic mass is 16.4. The standard InChI is InChI=1S/C28H27BN4O/c1-32-15-17-33(18-16-32)21-23-5-2-8-26(19-23)29(25-12-10-22(20-30)11-13-25)34-27-9-3-6-24-7-4-14-31-28(24)27/h2-14,19H,15-18,21H2,1H3. The first-order valence-corrected chi connectivity index (χ1v) is 11.7. The number of pyridine rings is 1. The highest BCUT2D eigenvalue weighted by molar-refractivity contribution is 6.80. The fourth-order valence-corrected chi connectivity index (χ4v) is 4.48. The van der Waals surface area contributed by atoms with Gasteiger partial charge in [-0.3, -0.25) is 9.88 Å². The van der Waals surface area contributed by atoms with Gasteiger partial charge in [0.2, 0.25) is 0 Å². The van der Waals surface area contributed by atoms with Gasteiger partial charge in [-0.15, -0.1) is 0 Å². The second-order valence-electron chi connectivity index (χ2n) is 8.89. The van der Waals surface area contributed by atoms with Crippen molar-refractivity contribution in [1.29, 1.82) is 5.26 Å². The van der Waals surface area contributed by atoms with Crippen molar-refractivity contribution in [1.82, 2.24) is 14.8 Å². The molecule has 6 heteroatoms. The molecule has 3 aromatic carbocycles. The Labute approximate surface area is 201 Å². The van der Waals surface area contributed by atoms with Gasteiger partial charge in [-0.25, -0.2) is 0 Å². The van der Waals surface area contributed by atoms with E-state index in [4.69, 9.17) is 4.65 Å². The van der Waals surface area contributed by atoms with Gasteiger partial charge in [-0.2, -0.15) is 5.26 Å². The third-order valence-corrected chi connectivity index (χ3v) is 6.44. The maximum atomic E-state index is 9.25. The minimum absolute atomic E-state index is 0.312. The number of aromatic nitrogens is 1. The fourth-order valence-electron chi connectivity index (χ4n) is 4.48. The fraction of sp³-hybridized carbons (Fsp3) is 0.214. The van der Waals surface area contributed by atoms with Gasteiger partial charge in [-0.1, -0.05) is 54.6 Å². The monoisotopic (exact) mass is 446 g/mol. The summed E-state index contributed by atoms with van der Waals surface area (Å²) in [6, 6.07) is 28.5. The van der Waals surface area contributed by atoms with Crippen LogP contribution >= 0.6 is 0 Å². The molecule has 0 bridgehead atoms. The van der Waals surface area contributed by atoms with Gasteiger partial charge in [0, 0.05) is 44.3 Å². The topological polar surface area (TPSA) is 52.4 Å². The Balaban J connectivity index is 1.49. The van der Waals surface area contributed by atoms with Crippen molar-refractivity contribution < 1.29 is 4.65 Å². The van der Waals surface area contributed by atoms with Crippen LogP contribution in [0.15, 0.2) is 85.1 Å². The maximum Gasteiger partial charge on any atom is 0.426 e. The van der Waals surface area contributed by atoms with Crippen LogP contribution < -0.4 is 15.6 Å². The average Bonchev–Trinajstić information content (AvgIpc) is 2.89. The van der Waals surface area contributed by atoms with E-state index in [0.717, 1.165) is 60.3 Å². The minimum atomic E-state index is -0.312. The zero-order valence-corrected chi connectivity index (χ0v) is 19.4. The molecule has 0 spiro atoms. The van der Waals surface area contributed by atoms with Crippen LogP contribution in [0, 0.1) is 11.3 Å². The molecular weight excluding hydrogens is 419 g/mol. The molecule has 0 amide bonds. The van der Waals surface area contributed by atoms with Gasteiger partial charge in [0.25, 0.3) is 0 Å². The summed E-state index contributed by atoms with van der Waals surface area (Å²) in [5, 5.41) is 10.3. The zero-order valence-electron chi connectivity index (χ0n) is 19.4. The first-order chi connectivity index (χ1) is 16.7. The van der Waals surface area contributed by atoms with Gasteiger partial charge < -0.3 is 9.55 Å². The number of nitriles is 1. The average molecular weight is 446 g/mol. The number of likely N-dealkylation sites (N-methyl/N-ethyl adjacent to an activating group) is 1. The van der Waals surface area contributed by atoms with E-state index in [9.17, 15) is 5.26 Å². The van der Waals surface area contributed by atoms with E-state index < -0.39 is 0 Å². The highest BCUT2D eigenvalue weighted by Gasteiger charge is 2.25. The number of piperazine rings is 1. The minimum Gasteiger partial charge on any atom is -0.550 e. The smallest absolute Gasteiger partial charge is 0.426 e. The van der Waals surface area contributed by atoms with E-state index >= 15 is 0 Å². The molecule has 5 nitrogen and oxygen atoms in total. The molecule has 0 N–H and O–H groups in total. The van der Waals surface area contributed by atoms with Crippen LogP contribution in [0.4, 0.5) is 0 Å². The van der Waals surface area contributed by atoms with Crippen molar-refractivity contribution in [2.45, 2.75) is 6.54 Å². The second-order valence-corrected chi connectivity index (χ2v) is 8.89. The van der Waals surface area contributed by atoms with Crippen molar-refractivity contribution >= 4 is 28.7 Å². The van der Waals surface area contributed by atoms with E-state index in [0.29, 0.717) is 5.56 Å². The quantitative estimate of drug-likeness (QED) is 0.427. The Morgan fingerprint density at radius 3 is 2.47 bits per heavy atom. The maximum absolute atomic E-state index is 9.25. The Morgan fingerprint density at radius 1 is 0.912 bits per heavy atom. The van der Waals surface area contributed by atoms with Crippen LogP contribution in [0.25, 0.3) is 10.9 Å². The lowest BCUT2D eigenvalue weighted by atomic mass is 9.55. The van der Waals surface area contributed by atoms with Crippen molar-refractivity contribution in [3.8, 4) is 11.8 Å². The van der Waals surface area contributed by atoms with Crippen LogP contribution in [0.5, 0.6) is 5.75 Å². The van der Waals surface area contributed by atoms with Crippen LogP contribution in [0.1, 0.15) is 11.1 Å². The normalized spacial score (nSPS) is 14.6. The molecule has 2 heterocycles. The van der Waals surface area contributed by atoms with Crippen LogP contribution in [-0.4, -0.2) is 54.9 Å². The third kappa shape index (κ3) is 4.96. The van der Waals surface area contributed by atoms with E-state index in [1.54, 1.807) is 6.20 Å². The Hall–Kier alpha value is -3.66. The Kier molecular flexibility index (Phi) is 6.57. The summed E-state index contributed by atoms with van der Waals surface area (Å²) in [5.74, 6) is 0.747. The molecule has 0 atom stereocenters. The molecule has 1 aromatic heterocycles. The van der Waals surface area contributed by atoms with Gasteiger partial charge in [-0.05, 0) is 47.8 Å². The molecular formula is C28H27BN4O. The largest absolute Gasteiger partial charge is 0.550 e. The third-order valence-electron chi connectivity index (χ3n) is 6.44. The molecule has 34 heavy (non-hydrogen) atoms.